The lowest BCUT2D eigenvalue weighted by Crippen LogP contribution is -2.27. The molecule has 0 fully saturated rings. The first-order chi connectivity index (χ1) is 12.6. The van der Waals surface area contributed by atoms with Crippen molar-refractivity contribution >= 4 is 28.5 Å². The van der Waals surface area contributed by atoms with E-state index < -0.39 is 17.3 Å². The number of fused-ring (bicyclic) bond motifs is 1. The van der Waals surface area contributed by atoms with Crippen LogP contribution in [0.25, 0.3) is 10.9 Å². The first kappa shape index (κ1) is 17.3. The number of nitrogens with one attached hydrogen (secondary N) is 1. The average molecular weight is 351 g/mol. The fourth-order valence-electron chi connectivity index (χ4n) is 2.69. The van der Waals surface area contributed by atoms with Crippen LogP contribution >= 0.6 is 0 Å². The molecule has 0 saturated heterocycles. The molecule has 0 radical (unpaired) electrons. The highest BCUT2D eigenvalue weighted by molar-refractivity contribution is 6.07. The number of para-hydroxylation sites is 2. The summed E-state index contributed by atoms with van der Waals surface area (Å²) in [6.07, 6.45) is 0. The van der Waals surface area contributed by atoms with Gasteiger partial charge < -0.3 is 10.1 Å². The standard InChI is InChI=1S/C19H17N3O4/c1-3-22-15-11-7-5-9-13(15)17(23)16(21-22)18(24)20-14-10-6-4-8-12(14)19(25)26-2/h4-11H,3H2,1-2H3,(H,20,24). The van der Waals surface area contributed by atoms with Crippen LogP contribution in [-0.4, -0.2) is 28.8 Å². The molecule has 0 atom stereocenters. The van der Waals surface area contributed by atoms with E-state index >= 15 is 0 Å². The fraction of sp³-hybridized carbons (Fsp3) is 0.158. The minimum atomic E-state index is -0.681. The lowest BCUT2D eigenvalue weighted by molar-refractivity contribution is 0.0602. The number of carbonyl (C=O) groups is 2. The SMILES string of the molecule is CCn1nc(C(=O)Nc2ccccc2C(=O)OC)c(=O)c2ccccc21. The van der Waals surface area contributed by atoms with E-state index in [0.717, 1.165) is 0 Å². The van der Waals surface area contributed by atoms with Crippen molar-refractivity contribution in [2.24, 2.45) is 0 Å². The zero-order valence-corrected chi connectivity index (χ0v) is 14.4. The van der Waals surface area contributed by atoms with Gasteiger partial charge in [-0.15, -0.1) is 0 Å². The predicted octanol–water partition coefficient (Wildman–Crippen LogP) is 2.46. The number of carbonyl (C=O) groups excluding carboxylic acids is 2. The van der Waals surface area contributed by atoms with E-state index in [4.69, 9.17) is 4.74 Å². The Bertz CT molecular complexity index is 1060. The fourth-order valence-corrected chi connectivity index (χ4v) is 2.69. The number of esters is 1. The lowest BCUT2D eigenvalue weighted by Gasteiger charge is -2.12. The van der Waals surface area contributed by atoms with Crippen molar-refractivity contribution in [3.63, 3.8) is 0 Å². The van der Waals surface area contributed by atoms with Crippen LogP contribution in [0, 0.1) is 0 Å². The molecule has 1 aromatic heterocycles. The summed E-state index contributed by atoms with van der Waals surface area (Å²) in [6, 6.07) is 13.4. The van der Waals surface area contributed by atoms with Crippen LogP contribution in [0.1, 0.15) is 27.8 Å². The number of benzene rings is 2. The normalized spacial score (nSPS) is 10.5. The van der Waals surface area contributed by atoms with Gasteiger partial charge in [-0.1, -0.05) is 24.3 Å². The van der Waals surface area contributed by atoms with Crippen molar-refractivity contribution in [3.05, 3.63) is 70.0 Å². The van der Waals surface area contributed by atoms with Crippen molar-refractivity contribution in [2.75, 3.05) is 12.4 Å². The molecule has 3 aromatic rings. The number of aromatic nitrogens is 2. The Labute approximate surface area is 149 Å². The number of methoxy groups -OCH3 is 1. The molecule has 0 aliphatic heterocycles. The third kappa shape index (κ3) is 3.06. The molecule has 0 aliphatic rings. The molecule has 0 aliphatic carbocycles. The van der Waals surface area contributed by atoms with Gasteiger partial charge in [-0.05, 0) is 31.2 Å². The second kappa shape index (κ2) is 7.18. The van der Waals surface area contributed by atoms with Crippen LogP contribution in [0.2, 0.25) is 0 Å². The van der Waals surface area contributed by atoms with Crippen molar-refractivity contribution in [2.45, 2.75) is 13.5 Å². The van der Waals surface area contributed by atoms with Crippen LogP contribution in [0.5, 0.6) is 0 Å². The first-order valence-corrected chi connectivity index (χ1v) is 8.05. The van der Waals surface area contributed by atoms with Gasteiger partial charge in [-0.3, -0.25) is 14.3 Å². The van der Waals surface area contributed by atoms with Gasteiger partial charge in [0.15, 0.2) is 5.69 Å². The Morgan fingerprint density at radius 2 is 1.81 bits per heavy atom. The van der Waals surface area contributed by atoms with Crippen LogP contribution < -0.4 is 10.7 Å². The van der Waals surface area contributed by atoms with E-state index in [9.17, 15) is 14.4 Å². The molecule has 0 bridgehead atoms. The lowest BCUT2D eigenvalue weighted by atomic mass is 10.1. The predicted molar refractivity (Wildman–Crippen MR) is 97.4 cm³/mol. The molecule has 0 spiro atoms. The molecule has 0 unspecified atom stereocenters. The largest absolute Gasteiger partial charge is 0.465 e. The van der Waals surface area contributed by atoms with Gasteiger partial charge in [0.25, 0.3) is 5.91 Å². The second-order valence-corrected chi connectivity index (χ2v) is 5.50. The molecular weight excluding hydrogens is 334 g/mol. The molecule has 1 N–H and O–H groups in total. The van der Waals surface area contributed by atoms with Crippen molar-refractivity contribution in [1.29, 1.82) is 0 Å². The first-order valence-electron chi connectivity index (χ1n) is 8.05. The van der Waals surface area contributed by atoms with Crippen LogP contribution in [-0.2, 0) is 11.3 Å². The van der Waals surface area contributed by atoms with E-state index in [0.29, 0.717) is 17.4 Å². The number of hydrogen-bond acceptors (Lipinski definition) is 5. The zero-order chi connectivity index (χ0) is 18.7. The zero-order valence-electron chi connectivity index (χ0n) is 14.4. The van der Waals surface area contributed by atoms with Crippen molar-refractivity contribution in [3.8, 4) is 0 Å². The number of nitrogens with zero attached hydrogens (tertiary/aromatic N) is 2. The maximum Gasteiger partial charge on any atom is 0.339 e. The van der Waals surface area contributed by atoms with E-state index in [1.165, 1.54) is 13.2 Å². The van der Waals surface area contributed by atoms with Crippen LogP contribution in [0.3, 0.4) is 0 Å². The second-order valence-electron chi connectivity index (χ2n) is 5.50. The van der Waals surface area contributed by atoms with Gasteiger partial charge in [-0.25, -0.2) is 4.79 Å². The maximum absolute atomic E-state index is 12.7. The number of aryl methyl sites for hydroxylation is 1. The summed E-state index contributed by atoms with van der Waals surface area (Å²) in [5.41, 5.74) is 0.414. The third-order valence-corrected chi connectivity index (χ3v) is 3.96. The summed E-state index contributed by atoms with van der Waals surface area (Å²) >= 11 is 0. The molecule has 2 aromatic carbocycles. The summed E-state index contributed by atoms with van der Waals surface area (Å²) in [6.45, 7) is 2.37. The highest BCUT2D eigenvalue weighted by Crippen LogP contribution is 2.17. The molecular formula is C19H17N3O4. The van der Waals surface area contributed by atoms with Crippen LogP contribution in [0.4, 0.5) is 5.69 Å². The molecule has 0 saturated carbocycles. The molecule has 1 amide bonds. The number of amides is 1. The van der Waals surface area contributed by atoms with Gasteiger partial charge in [-0.2, -0.15) is 5.10 Å². The summed E-state index contributed by atoms with van der Waals surface area (Å²) < 4.78 is 6.31. The molecule has 7 nitrogen and oxygen atoms in total. The number of rotatable bonds is 4. The number of ether oxygens (including phenoxy) is 1. The third-order valence-electron chi connectivity index (χ3n) is 3.96. The molecule has 1 heterocycles. The Balaban J connectivity index is 2.06. The summed E-state index contributed by atoms with van der Waals surface area (Å²) in [7, 11) is 1.26. The van der Waals surface area contributed by atoms with Gasteiger partial charge in [0.1, 0.15) is 0 Å². The molecule has 3 rings (SSSR count). The Morgan fingerprint density at radius 3 is 2.54 bits per heavy atom. The van der Waals surface area contributed by atoms with E-state index in [-0.39, 0.29) is 16.9 Å². The number of anilines is 1. The summed E-state index contributed by atoms with van der Waals surface area (Å²) in [4.78, 5) is 37.2. The smallest absolute Gasteiger partial charge is 0.339 e. The molecule has 26 heavy (non-hydrogen) atoms. The minimum absolute atomic E-state index is 0.194. The Morgan fingerprint density at radius 1 is 1.12 bits per heavy atom. The Kier molecular flexibility index (Phi) is 4.79. The summed E-state index contributed by atoms with van der Waals surface area (Å²) in [5, 5.41) is 7.18. The maximum atomic E-state index is 12.7. The molecule has 132 valence electrons. The Hall–Kier alpha value is -3.48. The van der Waals surface area contributed by atoms with Crippen molar-refractivity contribution in [1.82, 2.24) is 9.78 Å². The van der Waals surface area contributed by atoms with Crippen molar-refractivity contribution < 1.29 is 14.3 Å². The van der Waals surface area contributed by atoms with Gasteiger partial charge in [0, 0.05) is 11.9 Å². The van der Waals surface area contributed by atoms with Crippen LogP contribution in [0.15, 0.2) is 53.3 Å². The quantitative estimate of drug-likeness (QED) is 0.729. The highest BCUT2D eigenvalue weighted by Gasteiger charge is 2.19. The highest BCUT2D eigenvalue weighted by atomic mass is 16.5. The van der Waals surface area contributed by atoms with Gasteiger partial charge in [0.2, 0.25) is 5.43 Å². The van der Waals surface area contributed by atoms with E-state index in [1.807, 2.05) is 13.0 Å². The monoisotopic (exact) mass is 351 g/mol. The van der Waals surface area contributed by atoms with E-state index in [2.05, 4.69) is 10.4 Å². The number of hydrogen-bond donors (Lipinski definition) is 1. The van der Waals surface area contributed by atoms with Gasteiger partial charge >= 0.3 is 5.97 Å². The topological polar surface area (TPSA) is 90.3 Å². The van der Waals surface area contributed by atoms with Gasteiger partial charge in [0.05, 0.1) is 23.9 Å². The summed E-state index contributed by atoms with van der Waals surface area (Å²) in [5.74, 6) is -1.27. The average Bonchev–Trinajstić information content (AvgIpc) is 2.68. The molecule has 7 heteroatoms. The van der Waals surface area contributed by atoms with E-state index in [1.54, 1.807) is 41.1 Å². The minimum Gasteiger partial charge on any atom is -0.465 e.